The third-order valence-corrected chi connectivity index (χ3v) is 3.21. The molecule has 18 heavy (non-hydrogen) atoms. The first-order valence-corrected chi connectivity index (χ1v) is 6.35. The van der Waals surface area contributed by atoms with E-state index in [1.54, 1.807) is 12.4 Å². The smallest absolute Gasteiger partial charge is 0.0621 e. The summed E-state index contributed by atoms with van der Waals surface area (Å²) < 4.78 is 0. The molecule has 2 aromatic rings. The van der Waals surface area contributed by atoms with Gasteiger partial charge < -0.3 is 5.11 Å². The van der Waals surface area contributed by atoms with Crippen molar-refractivity contribution in [1.29, 1.82) is 0 Å². The fraction of sp³-hybridized carbons (Fsp3) is 0.267. The number of halogens is 1. The van der Waals surface area contributed by atoms with E-state index in [4.69, 9.17) is 11.6 Å². The largest absolute Gasteiger partial charge is 0.392 e. The molecule has 1 heterocycles. The van der Waals surface area contributed by atoms with Crippen molar-refractivity contribution >= 4 is 11.6 Å². The Morgan fingerprint density at radius 1 is 1.28 bits per heavy atom. The maximum atomic E-state index is 10.1. The molecular formula is C15H16ClNO. The van der Waals surface area contributed by atoms with Crippen molar-refractivity contribution in [2.45, 2.75) is 25.9 Å². The summed E-state index contributed by atoms with van der Waals surface area (Å²) in [5.41, 5.74) is 3.15. The van der Waals surface area contributed by atoms with Gasteiger partial charge in [0.2, 0.25) is 0 Å². The van der Waals surface area contributed by atoms with Crippen LogP contribution in [-0.2, 0) is 12.8 Å². The molecule has 3 heteroatoms. The molecule has 0 radical (unpaired) electrons. The van der Waals surface area contributed by atoms with E-state index in [1.165, 1.54) is 0 Å². The number of hydrogen-bond donors (Lipinski definition) is 1. The van der Waals surface area contributed by atoms with Gasteiger partial charge in [0, 0.05) is 30.3 Å². The molecular weight excluding hydrogens is 246 g/mol. The number of aliphatic hydroxyl groups is 1. The second-order valence-electron chi connectivity index (χ2n) is 4.52. The topological polar surface area (TPSA) is 33.1 Å². The van der Waals surface area contributed by atoms with E-state index in [0.29, 0.717) is 12.8 Å². The Morgan fingerprint density at radius 3 is 2.78 bits per heavy atom. The number of aromatic nitrogens is 1. The van der Waals surface area contributed by atoms with E-state index in [1.807, 2.05) is 37.3 Å². The second kappa shape index (κ2) is 5.98. The van der Waals surface area contributed by atoms with Crippen LogP contribution in [0.5, 0.6) is 0 Å². The molecule has 1 aromatic heterocycles. The highest BCUT2D eigenvalue weighted by atomic mass is 35.5. The fourth-order valence-corrected chi connectivity index (χ4v) is 2.25. The summed E-state index contributed by atoms with van der Waals surface area (Å²) in [7, 11) is 0. The number of rotatable bonds is 4. The number of aryl methyl sites for hydroxylation is 1. The third kappa shape index (κ3) is 3.56. The molecule has 0 fully saturated rings. The van der Waals surface area contributed by atoms with Crippen LogP contribution in [0.2, 0.25) is 5.02 Å². The zero-order chi connectivity index (χ0) is 13.0. The Hall–Kier alpha value is -1.38. The van der Waals surface area contributed by atoms with E-state index in [-0.39, 0.29) is 0 Å². The van der Waals surface area contributed by atoms with Gasteiger partial charge in [0.15, 0.2) is 0 Å². The average Bonchev–Trinajstić information content (AvgIpc) is 2.34. The zero-order valence-electron chi connectivity index (χ0n) is 10.3. The average molecular weight is 262 g/mol. The number of aliphatic hydroxyl groups excluding tert-OH is 1. The Labute approximate surface area is 112 Å². The van der Waals surface area contributed by atoms with Crippen molar-refractivity contribution in [2.24, 2.45) is 0 Å². The highest BCUT2D eigenvalue weighted by Gasteiger charge is 2.09. The lowest BCUT2D eigenvalue weighted by molar-refractivity contribution is 0.175. The van der Waals surface area contributed by atoms with Gasteiger partial charge in [0.1, 0.15) is 0 Å². The minimum Gasteiger partial charge on any atom is -0.392 e. The molecule has 0 saturated heterocycles. The minimum atomic E-state index is -0.436. The van der Waals surface area contributed by atoms with Crippen LogP contribution in [0.4, 0.5) is 0 Å². The van der Waals surface area contributed by atoms with Gasteiger partial charge in [-0.2, -0.15) is 0 Å². The summed E-state index contributed by atoms with van der Waals surface area (Å²) in [6.07, 6.45) is 4.23. The molecule has 0 aliphatic rings. The van der Waals surface area contributed by atoms with Crippen molar-refractivity contribution in [1.82, 2.24) is 4.98 Å². The number of benzene rings is 1. The third-order valence-electron chi connectivity index (χ3n) is 2.86. The summed E-state index contributed by atoms with van der Waals surface area (Å²) >= 11 is 6.15. The fourth-order valence-electron chi connectivity index (χ4n) is 1.93. The van der Waals surface area contributed by atoms with Gasteiger partial charge in [-0.05, 0) is 35.7 Å². The van der Waals surface area contributed by atoms with Gasteiger partial charge in [-0.3, -0.25) is 4.98 Å². The lowest BCUT2D eigenvalue weighted by Crippen LogP contribution is -2.14. The van der Waals surface area contributed by atoms with Crippen molar-refractivity contribution < 1.29 is 5.11 Å². The molecule has 0 bridgehead atoms. The molecule has 1 aromatic carbocycles. The highest BCUT2D eigenvalue weighted by Crippen LogP contribution is 2.20. The Balaban J connectivity index is 2.01. The molecule has 94 valence electrons. The first kappa shape index (κ1) is 13.1. The SMILES string of the molecule is Cc1ccc(CC(O)Cc2cccnc2)c(Cl)c1. The van der Waals surface area contributed by atoms with Crippen LogP contribution in [0, 0.1) is 6.92 Å². The molecule has 0 spiro atoms. The van der Waals surface area contributed by atoms with Crippen LogP contribution in [0.25, 0.3) is 0 Å². The van der Waals surface area contributed by atoms with Crippen molar-refractivity contribution in [3.8, 4) is 0 Å². The summed E-state index contributed by atoms with van der Waals surface area (Å²) in [5.74, 6) is 0. The number of pyridine rings is 1. The quantitative estimate of drug-likeness (QED) is 0.917. The predicted molar refractivity (Wildman–Crippen MR) is 73.8 cm³/mol. The summed E-state index contributed by atoms with van der Waals surface area (Å²) in [6.45, 7) is 2.00. The van der Waals surface area contributed by atoms with Crippen molar-refractivity contribution in [3.05, 3.63) is 64.4 Å². The normalized spacial score (nSPS) is 12.4. The van der Waals surface area contributed by atoms with Gasteiger partial charge >= 0.3 is 0 Å². The Bertz CT molecular complexity index is 513. The lowest BCUT2D eigenvalue weighted by atomic mass is 10.0. The van der Waals surface area contributed by atoms with Crippen molar-refractivity contribution in [3.63, 3.8) is 0 Å². The molecule has 0 amide bonds. The number of nitrogens with zero attached hydrogens (tertiary/aromatic N) is 1. The van der Waals surface area contributed by atoms with Gasteiger partial charge in [0.25, 0.3) is 0 Å². The van der Waals surface area contributed by atoms with Crippen LogP contribution in [0.3, 0.4) is 0 Å². The maximum Gasteiger partial charge on any atom is 0.0621 e. The summed E-state index contributed by atoms with van der Waals surface area (Å²) in [5, 5.41) is 10.8. The van der Waals surface area contributed by atoms with Gasteiger partial charge in [-0.15, -0.1) is 0 Å². The molecule has 0 saturated carbocycles. The predicted octanol–water partition coefficient (Wildman–Crippen LogP) is 3.19. The van der Waals surface area contributed by atoms with Gasteiger partial charge in [-0.25, -0.2) is 0 Å². The first-order chi connectivity index (χ1) is 8.65. The lowest BCUT2D eigenvalue weighted by Gasteiger charge is -2.12. The Kier molecular flexibility index (Phi) is 4.34. The van der Waals surface area contributed by atoms with Crippen LogP contribution in [-0.4, -0.2) is 16.2 Å². The van der Waals surface area contributed by atoms with Crippen LogP contribution in [0.1, 0.15) is 16.7 Å². The first-order valence-electron chi connectivity index (χ1n) is 5.97. The van der Waals surface area contributed by atoms with Crippen LogP contribution < -0.4 is 0 Å². The van der Waals surface area contributed by atoms with Gasteiger partial charge in [-0.1, -0.05) is 29.8 Å². The Morgan fingerprint density at radius 2 is 2.11 bits per heavy atom. The highest BCUT2D eigenvalue weighted by molar-refractivity contribution is 6.31. The maximum absolute atomic E-state index is 10.1. The number of hydrogen-bond acceptors (Lipinski definition) is 2. The van der Waals surface area contributed by atoms with E-state index in [2.05, 4.69) is 4.98 Å². The van der Waals surface area contributed by atoms with Crippen LogP contribution in [0.15, 0.2) is 42.7 Å². The molecule has 1 N–H and O–H groups in total. The molecule has 2 rings (SSSR count). The molecule has 1 unspecified atom stereocenters. The van der Waals surface area contributed by atoms with E-state index in [0.717, 1.165) is 21.7 Å². The zero-order valence-corrected chi connectivity index (χ0v) is 11.1. The van der Waals surface area contributed by atoms with Crippen LogP contribution >= 0.6 is 11.6 Å². The van der Waals surface area contributed by atoms with E-state index >= 15 is 0 Å². The monoisotopic (exact) mass is 261 g/mol. The van der Waals surface area contributed by atoms with E-state index in [9.17, 15) is 5.11 Å². The van der Waals surface area contributed by atoms with Crippen molar-refractivity contribution in [2.75, 3.05) is 0 Å². The summed E-state index contributed by atoms with van der Waals surface area (Å²) in [4.78, 5) is 4.04. The standard InChI is InChI=1S/C15H16ClNO/c1-11-4-5-13(15(16)7-11)9-14(18)8-12-3-2-6-17-10-12/h2-7,10,14,18H,8-9H2,1H3. The molecule has 0 aliphatic carbocycles. The molecule has 2 nitrogen and oxygen atoms in total. The van der Waals surface area contributed by atoms with E-state index < -0.39 is 6.10 Å². The van der Waals surface area contributed by atoms with Gasteiger partial charge in [0.05, 0.1) is 6.10 Å². The molecule has 1 atom stereocenters. The summed E-state index contributed by atoms with van der Waals surface area (Å²) in [6, 6.07) is 9.75. The second-order valence-corrected chi connectivity index (χ2v) is 4.93. The molecule has 0 aliphatic heterocycles. The minimum absolute atomic E-state index is 0.436.